The number of benzene rings is 1. The van der Waals surface area contributed by atoms with Crippen molar-refractivity contribution in [2.24, 2.45) is 4.99 Å². The minimum Gasteiger partial charge on any atom is -0.314 e. The summed E-state index contributed by atoms with van der Waals surface area (Å²) in [7, 11) is 0. The number of para-hydroxylation sites is 1. The second kappa shape index (κ2) is 10.2. The monoisotopic (exact) mass is 425 g/mol. The summed E-state index contributed by atoms with van der Waals surface area (Å²) in [5.74, 6) is 0. The summed E-state index contributed by atoms with van der Waals surface area (Å²) < 4.78 is 2.65. The van der Waals surface area contributed by atoms with Crippen molar-refractivity contribution in [3.05, 3.63) is 45.9 Å². The third-order valence-corrected chi connectivity index (χ3v) is 6.72. The van der Waals surface area contributed by atoms with Gasteiger partial charge >= 0.3 is 0 Å². The van der Waals surface area contributed by atoms with E-state index in [9.17, 15) is 4.79 Å². The largest absolute Gasteiger partial charge is 0.314 e. The predicted molar refractivity (Wildman–Crippen MR) is 126 cm³/mol. The molecule has 2 heterocycles. The maximum Gasteiger partial charge on any atom is 0.282 e. The second-order valence-corrected chi connectivity index (χ2v) is 9.05. The molecule has 1 saturated carbocycles. The van der Waals surface area contributed by atoms with Gasteiger partial charge < -0.3 is 5.32 Å². The molecule has 2 aromatic heterocycles. The van der Waals surface area contributed by atoms with Crippen LogP contribution in [0.2, 0.25) is 0 Å². The fourth-order valence-corrected chi connectivity index (χ4v) is 5.02. The molecule has 1 fully saturated rings. The zero-order valence-corrected chi connectivity index (χ0v) is 18.5. The SMILES string of the molecule is CCCc1[nH]n(-c2nc3ccccc3s2)c(=O)c1C=NCCCNC1CCCCC1. The Kier molecular flexibility index (Phi) is 7.12. The number of aryl methyl sites for hydroxylation is 1. The number of hydrogen-bond acceptors (Lipinski definition) is 5. The van der Waals surface area contributed by atoms with Crippen molar-refractivity contribution in [3.63, 3.8) is 0 Å². The van der Waals surface area contributed by atoms with Gasteiger partial charge in [-0.05, 0) is 44.4 Å². The molecule has 2 N–H and O–H groups in total. The molecule has 1 aromatic carbocycles. The highest BCUT2D eigenvalue weighted by Gasteiger charge is 2.16. The molecule has 1 aliphatic carbocycles. The standard InChI is InChI=1S/C23H31N5OS/c1-2-9-19-18(16-24-14-8-15-25-17-10-4-3-5-11-17)22(29)28(27-19)23-26-20-12-6-7-13-21(20)30-23/h6-7,12-13,16-17,25,27H,2-5,8-11,14-15H2,1H3. The van der Waals surface area contributed by atoms with Gasteiger partial charge in [0.05, 0.1) is 15.8 Å². The molecule has 6 nitrogen and oxygen atoms in total. The molecule has 0 saturated heterocycles. The molecule has 0 radical (unpaired) electrons. The van der Waals surface area contributed by atoms with E-state index in [0.29, 0.717) is 16.7 Å². The first-order valence-electron chi connectivity index (χ1n) is 11.2. The summed E-state index contributed by atoms with van der Waals surface area (Å²) in [5.41, 5.74) is 2.44. The van der Waals surface area contributed by atoms with Crippen LogP contribution in [0.1, 0.15) is 63.1 Å². The van der Waals surface area contributed by atoms with E-state index in [-0.39, 0.29) is 5.56 Å². The molecule has 0 spiro atoms. The molecule has 4 rings (SSSR count). The van der Waals surface area contributed by atoms with E-state index in [4.69, 9.17) is 0 Å². The summed E-state index contributed by atoms with van der Waals surface area (Å²) in [4.78, 5) is 22.2. The zero-order chi connectivity index (χ0) is 20.8. The number of H-pyrrole nitrogens is 1. The quantitative estimate of drug-likeness (QED) is 0.393. The lowest BCUT2D eigenvalue weighted by Gasteiger charge is -2.22. The highest BCUT2D eigenvalue weighted by atomic mass is 32.1. The molecule has 0 aliphatic heterocycles. The first-order chi connectivity index (χ1) is 14.8. The van der Waals surface area contributed by atoms with E-state index >= 15 is 0 Å². The van der Waals surface area contributed by atoms with Gasteiger partial charge in [0.1, 0.15) is 0 Å². The van der Waals surface area contributed by atoms with Gasteiger partial charge in [0.2, 0.25) is 5.13 Å². The van der Waals surface area contributed by atoms with Gasteiger partial charge in [0.15, 0.2) is 0 Å². The van der Waals surface area contributed by atoms with Crippen LogP contribution < -0.4 is 10.9 Å². The summed E-state index contributed by atoms with van der Waals surface area (Å²) in [5, 5.41) is 7.60. The average molecular weight is 426 g/mol. The van der Waals surface area contributed by atoms with Gasteiger partial charge in [-0.3, -0.25) is 14.9 Å². The molecule has 3 aromatic rings. The first-order valence-corrected chi connectivity index (χ1v) is 12.0. The van der Waals surface area contributed by atoms with E-state index in [1.165, 1.54) is 43.4 Å². The smallest absolute Gasteiger partial charge is 0.282 e. The van der Waals surface area contributed by atoms with Gasteiger partial charge in [-0.1, -0.05) is 56.1 Å². The fourth-order valence-electron chi connectivity index (χ4n) is 4.10. The molecule has 160 valence electrons. The molecular weight excluding hydrogens is 394 g/mol. The van der Waals surface area contributed by atoms with Crippen molar-refractivity contribution in [3.8, 4) is 5.13 Å². The van der Waals surface area contributed by atoms with Crippen molar-refractivity contribution in [1.82, 2.24) is 20.1 Å². The van der Waals surface area contributed by atoms with Crippen LogP contribution in [-0.4, -0.2) is 40.1 Å². The predicted octanol–water partition coefficient (Wildman–Crippen LogP) is 4.46. The van der Waals surface area contributed by atoms with E-state index in [2.05, 4.69) is 27.3 Å². The maximum atomic E-state index is 13.1. The van der Waals surface area contributed by atoms with Crippen LogP contribution in [0.25, 0.3) is 15.3 Å². The Labute approximate surface area is 181 Å². The van der Waals surface area contributed by atoms with Gasteiger partial charge in [-0.2, -0.15) is 4.68 Å². The molecule has 7 heteroatoms. The second-order valence-electron chi connectivity index (χ2n) is 8.04. The molecule has 0 bridgehead atoms. The van der Waals surface area contributed by atoms with Crippen molar-refractivity contribution in [2.75, 3.05) is 13.1 Å². The van der Waals surface area contributed by atoms with Gasteiger partial charge in [0.25, 0.3) is 5.56 Å². The van der Waals surface area contributed by atoms with Crippen LogP contribution in [0.15, 0.2) is 34.1 Å². The lowest BCUT2D eigenvalue weighted by Crippen LogP contribution is -2.31. The Morgan fingerprint density at radius 3 is 2.93 bits per heavy atom. The Morgan fingerprint density at radius 2 is 2.13 bits per heavy atom. The van der Waals surface area contributed by atoms with Crippen molar-refractivity contribution in [1.29, 1.82) is 0 Å². The Hall–Kier alpha value is -2.25. The minimum absolute atomic E-state index is 0.0680. The molecule has 0 unspecified atom stereocenters. The number of thiazole rings is 1. The van der Waals surface area contributed by atoms with Crippen molar-refractivity contribution >= 4 is 27.8 Å². The van der Waals surface area contributed by atoms with Crippen LogP contribution in [0, 0.1) is 0 Å². The number of aromatic nitrogens is 3. The Balaban J connectivity index is 1.43. The van der Waals surface area contributed by atoms with Crippen LogP contribution in [-0.2, 0) is 6.42 Å². The molecule has 30 heavy (non-hydrogen) atoms. The Bertz CT molecular complexity index is 1010. The summed E-state index contributed by atoms with van der Waals surface area (Å²) in [6.07, 6.45) is 11.2. The van der Waals surface area contributed by atoms with E-state index in [0.717, 1.165) is 48.3 Å². The van der Waals surface area contributed by atoms with Gasteiger partial charge in [-0.25, -0.2) is 4.98 Å². The molecule has 1 aliphatic rings. The highest BCUT2D eigenvalue weighted by Crippen LogP contribution is 2.23. The lowest BCUT2D eigenvalue weighted by atomic mass is 9.95. The molecular formula is C23H31N5OS. The number of rotatable bonds is 9. The fraction of sp³-hybridized carbons (Fsp3) is 0.522. The van der Waals surface area contributed by atoms with Crippen LogP contribution in [0.5, 0.6) is 0 Å². The van der Waals surface area contributed by atoms with E-state index in [1.54, 1.807) is 10.9 Å². The van der Waals surface area contributed by atoms with Crippen LogP contribution in [0.4, 0.5) is 0 Å². The van der Waals surface area contributed by atoms with Crippen LogP contribution >= 0.6 is 11.3 Å². The van der Waals surface area contributed by atoms with E-state index < -0.39 is 0 Å². The third kappa shape index (κ3) is 4.90. The summed E-state index contributed by atoms with van der Waals surface area (Å²) in [6, 6.07) is 8.64. The normalized spacial score (nSPS) is 15.5. The number of fused-ring (bicyclic) bond motifs is 1. The summed E-state index contributed by atoms with van der Waals surface area (Å²) >= 11 is 1.52. The molecule has 0 atom stereocenters. The van der Waals surface area contributed by atoms with E-state index in [1.807, 2.05) is 24.3 Å². The number of aromatic amines is 1. The maximum absolute atomic E-state index is 13.1. The van der Waals surface area contributed by atoms with Crippen molar-refractivity contribution in [2.45, 2.75) is 64.3 Å². The van der Waals surface area contributed by atoms with Gasteiger partial charge in [0, 0.05) is 24.5 Å². The zero-order valence-electron chi connectivity index (χ0n) is 17.7. The number of aliphatic imine (C=N–C) groups is 1. The third-order valence-electron chi connectivity index (χ3n) is 5.70. The highest BCUT2D eigenvalue weighted by molar-refractivity contribution is 7.20. The average Bonchev–Trinajstić information content (AvgIpc) is 3.33. The number of nitrogens with one attached hydrogen (secondary N) is 2. The summed E-state index contributed by atoms with van der Waals surface area (Å²) in [6.45, 7) is 3.84. The first kappa shape index (κ1) is 21.0. The Morgan fingerprint density at radius 1 is 1.30 bits per heavy atom. The van der Waals surface area contributed by atoms with Crippen LogP contribution in [0.3, 0.4) is 0 Å². The lowest BCUT2D eigenvalue weighted by molar-refractivity contribution is 0.373. The number of nitrogens with zero attached hydrogens (tertiary/aromatic N) is 3. The van der Waals surface area contributed by atoms with Gasteiger partial charge in [-0.15, -0.1) is 0 Å². The topological polar surface area (TPSA) is 75.1 Å². The number of hydrogen-bond donors (Lipinski definition) is 2. The van der Waals surface area contributed by atoms with Crippen molar-refractivity contribution < 1.29 is 0 Å². The molecule has 0 amide bonds. The minimum atomic E-state index is -0.0680.